The van der Waals surface area contributed by atoms with Crippen LogP contribution in [0.2, 0.25) is 0 Å². The van der Waals surface area contributed by atoms with E-state index in [1.165, 1.54) is 21.3 Å². The summed E-state index contributed by atoms with van der Waals surface area (Å²) in [5.74, 6) is 0.948. The summed E-state index contributed by atoms with van der Waals surface area (Å²) in [4.78, 5) is 28.3. The normalized spacial score (nSPS) is 15.3. The van der Waals surface area contributed by atoms with Gasteiger partial charge in [0.15, 0.2) is 16.9 Å². The van der Waals surface area contributed by atoms with E-state index < -0.39 is 6.04 Å². The first-order valence-corrected chi connectivity index (χ1v) is 9.71. The van der Waals surface area contributed by atoms with Crippen LogP contribution in [0.4, 0.5) is 0 Å². The summed E-state index contributed by atoms with van der Waals surface area (Å²) >= 11 is 0. The van der Waals surface area contributed by atoms with Crippen LogP contribution in [0.25, 0.3) is 11.0 Å². The second-order valence-corrected chi connectivity index (χ2v) is 7.02. The molecule has 0 aliphatic carbocycles. The molecule has 2 aromatic carbocycles. The van der Waals surface area contributed by atoms with Gasteiger partial charge in [0.25, 0.3) is 5.91 Å². The van der Waals surface area contributed by atoms with Crippen LogP contribution >= 0.6 is 0 Å². The molecule has 0 spiro atoms. The second-order valence-electron chi connectivity index (χ2n) is 7.02. The smallest absolute Gasteiger partial charge is 0.290 e. The molecule has 3 aromatic rings. The highest BCUT2D eigenvalue weighted by molar-refractivity contribution is 5.99. The monoisotopic (exact) mass is 425 g/mol. The van der Waals surface area contributed by atoms with Gasteiger partial charge in [-0.2, -0.15) is 0 Å². The molecule has 8 heteroatoms. The highest BCUT2D eigenvalue weighted by Crippen LogP contribution is 2.44. The van der Waals surface area contributed by atoms with Gasteiger partial charge in [-0.1, -0.05) is 12.1 Å². The standard InChI is InChI=1S/C23H23NO7/c1-27-10-9-24-19(13-11-16(28-2)21(30-4)17(12-13)29-3)18-20(25)14-7-5-6-8-15(14)31-22(18)23(24)26/h5-8,11-12,19H,9-10H2,1-4H3/t19-/m0/s1. The van der Waals surface area contributed by atoms with E-state index in [1.54, 1.807) is 48.4 Å². The third-order valence-electron chi connectivity index (χ3n) is 5.41. The number of fused-ring (bicyclic) bond motifs is 2. The van der Waals surface area contributed by atoms with Crippen LogP contribution in [-0.2, 0) is 4.74 Å². The van der Waals surface area contributed by atoms with Gasteiger partial charge in [-0.15, -0.1) is 0 Å². The Morgan fingerprint density at radius 3 is 2.26 bits per heavy atom. The molecule has 0 saturated carbocycles. The maximum Gasteiger partial charge on any atom is 0.290 e. The number of para-hydroxylation sites is 1. The number of amides is 1. The summed E-state index contributed by atoms with van der Waals surface area (Å²) in [6.07, 6.45) is 0. The number of methoxy groups -OCH3 is 4. The third kappa shape index (κ3) is 3.29. The van der Waals surface area contributed by atoms with Crippen LogP contribution in [0.3, 0.4) is 0 Å². The summed E-state index contributed by atoms with van der Waals surface area (Å²) in [5.41, 5.74) is 1.05. The lowest BCUT2D eigenvalue weighted by Gasteiger charge is -2.26. The number of nitrogens with zero attached hydrogens (tertiary/aromatic N) is 1. The molecule has 0 saturated heterocycles. The number of hydrogen-bond donors (Lipinski definition) is 0. The van der Waals surface area contributed by atoms with E-state index in [-0.39, 0.29) is 29.2 Å². The summed E-state index contributed by atoms with van der Waals surface area (Å²) in [6.45, 7) is 0.574. The van der Waals surface area contributed by atoms with Gasteiger partial charge in [0.1, 0.15) is 5.58 Å². The van der Waals surface area contributed by atoms with Crippen molar-refractivity contribution in [1.29, 1.82) is 0 Å². The Morgan fingerprint density at radius 1 is 0.968 bits per heavy atom. The van der Waals surface area contributed by atoms with E-state index >= 15 is 0 Å². The molecule has 1 aliphatic rings. The van der Waals surface area contributed by atoms with Crippen molar-refractivity contribution in [2.75, 3.05) is 41.6 Å². The van der Waals surface area contributed by atoms with Crippen molar-refractivity contribution in [3.05, 3.63) is 63.5 Å². The molecule has 1 aliphatic heterocycles. The Morgan fingerprint density at radius 2 is 1.65 bits per heavy atom. The predicted molar refractivity (Wildman–Crippen MR) is 113 cm³/mol. The van der Waals surface area contributed by atoms with Crippen LogP contribution in [0.15, 0.2) is 45.6 Å². The molecule has 0 N–H and O–H groups in total. The SMILES string of the molecule is COCCN1C(=O)c2oc3ccccc3c(=O)c2[C@@H]1c1cc(OC)c(OC)c(OC)c1. The molecular weight excluding hydrogens is 402 g/mol. The average Bonchev–Trinajstić information content (AvgIpc) is 3.08. The highest BCUT2D eigenvalue weighted by Gasteiger charge is 2.43. The van der Waals surface area contributed by atoms with Gasteiger partial charge in [-0.05, 0) is 29.8 Å². The van der Waals surface area contributed by atoms with E-state index in [4.69, 9.17) is 23.4 Å². The molecule has 1 atom stereocenters. The van der Waals surface area contributed by atoms with Gasteiger partial charge >= 0.3 is 0 Å². The molecule has 0 fully saturated rings. The van der Waals surface area contributed by atoms with Crippen molar-refractivity contribution in [3.8, 4) is 17.2 Å². The quantitative estimate of drug-likeness (QED) is 0.575. The number of carbonyl (C=O) groups excluding carboxylic acids is 1. The maximum atomic E-state index is 13.4. The number of ether oxygens (including phenoxy) is 4. The van der Waals surface area contributed by atoms with Crippen molar-refractivity contribution in [2.45, 2.75) is 6.04 Å². The zero-order valence-corrected chi connectivity index (χ0v) is 17.8. The lowest BCUT2D eigenvalue weighted by atomic mass is 9.97. The topological polar surface area (TPSA) is 87.4 Å². The molecule has 0 bridgehead atoms. The summed E-state index contributed by atoms with van der Waals surface area (Å²) in [7, 11) is 6.10. The fourth-order valence-electron chi connectivity index (χ4n) is 3.99. The van der Waals surface area contributed by atoms with E-state index in [0.29, 0.717) is 40.4 Å². The minimum atomic E-state index is -0.688. The van der Waals surface area contributed by atoms with Crippen molar-refractivity contribution in [3.63, 3.8) is 0 Å². The van der Waals surface area contributed by atoms with Crippen molar-refractivity contribution < 1.29 is 28.2 Å². The Hall–Kier alpha value is -3.52. The highest BCUT2D eigenvalue weighted by atomic mass is 16.5. The maximum absolute atomic E-state index is 13.4. The van der Waals surface area contributed by atoms with Gasteiger partial charge in [-0.25, -0.2) is 0 Å². The minimum Gasteiger partial charge on any atom is -0.493 e. The molecule has 4 rings (SSSR count). The number of benzene rings is 2. The van der Waals surface area contributed by atoms with Crippen LogP contribution in [-0.4, -0.2) is 52.4 Å². The molecule has 1 aromatic heterocycles. The van der Waals surface area contributed by atoms with Gasteiger partial charge in [-0.3, -0.25) is 9.59 Å². The molecule has 1 amide bonds. The summed E-state index contributed by atoms with van der Waals surface area (Å²) in [5, 5.41) is 0.417. The first kappa shape index (κ1) is 20.7. The Bertz CT molecular complexity index is 1180. The molecule has 0 radical (unpaired) electrons. The second kappa shape index (κ2) is 8.31. The van der Waals surface area contributed by atoms with E-state index in [9.17, 15) is 9.59 Å². The van der Waals surface area contributed by atoms with E-state index in [0.717, 1.165) is 0 Å². The average molecular weight is 425 g/mol. The number of rotatable bonds is 7. The van der Waals surface area contributed by atoms with Crippen LogP contribution in [0, 0.1) is 0 Å². The lowest BCUT2D eigenvalue weighted by molar-refractivity contribution is 0.0662. The van der Waals surface area contributed by atoms with E-state index in [1.807, 2.05) is 0 Å². The molecule has 162 valence electrons. The Labute approximate surface area is 178 Å². The summed E-state index contributed by atoms with van der Waals surface area (Å²) in [6, 6.07) is 9.68. The van der Waals surface area contributed by atoms with Gasteiger partial charge in [0, 0.05) is 13.7 Å². The van der Waals surface area contributed by atoms with Gasteiger partial charge < -0.3 is 28.3 Å². The molecule has 8 nitrogen and oxygen atoms in total. The molecule has 31 heavy (non-hydrogen) atoms. The summed E-state index contributed by atoms with van der Waals surface area (Å²) < 4.78 is 27.5. The predicted octanol–water partition coefficient (Wildman–Crippen LogP) is 3.01. The van der Waals surface area contributed by atoms with Crippen molar-refractivity contribution >= 4 is 16.9 Å². The molecular formula is C23H23NO7. The fraction of sp³-hybridized carbons (Fsp3) is 0.304. The first-order valence-electron chi connectivity index (χ1n) is 9.71. The van der Waals surface area contributed by atoms with Crippen LogP contribution < -0.4 is 19.6 Å². The fourth-order valence-corrected chi connectivity index (χ4v) is 3.99. The first-order chi connectivity index (χ1) is 15.0. The van der Waals surface area contributed by atoms with Crippen molar-refractivity contribution in [1.82, 2.24) is 4.90 Å². The third-order valence-corrected chi connectivity index (χ3v) is 5.41. The van der Waals surface area contributed by atoms with Gasteiger partial charge in [0.2, 0.25) is 11.5 Å². The minimum absolute atomic E-state index is 0.0403. The largest absolute Gasteiger partial charge is 0.493 e. The Balaban J connectivity index is 1.99. The molecule has 0 unspecified atom stereocenters. The van der Waals surface area contributed by atoms with Gasteiger partial charge in [0.05, 0.1) is 44.9 Å². The zero-order valence-electron chi connectivity index (χ0n) is 17.8. The lowest BCUT2D eigenvalue weighted by Crippen LogP contribution is -2.32. The van der Waals surface area contributed by atoms with Crippen molar-refractivity contribution in [2.24, 2.45) is 0 Å². The zero-order chi connectivity index (χ0) is 22.1. The molecule has 2 heterocycles. The number of carbonyl (C=O) groups is 1. The number of hydrogen-bond acceptors (Lipinski definition) is 7. The Kier molecular flexibility index (Phi) is 5.56. The van der Waals surface area contributed by atoms with E-state index in [2.05, 4.69) is 0 Å². The van der Waals surface area contributed by atoms with Crippen LogP contribution in [0.1, 0.15) is 27.7 Å². The van der Waals surface area contributed by atoms with Crippen LogP contribution in [0.5, 0.6) is 17.2 Å².